The Morgan fingerprint density at radius 1 is 1.29 bits per heavy atom. The van der Waals surface area contributed by atoms with Gasteiger partial charge in [0.1, 0.15) is 22.2 Å². The Bertz CT molecular complexity index is 726. The third kappa shape index (κ3) is 3.62. The van der Waals surface area contributed by atoms with Gasteiger partial charge in [-0.1, -0.05) is 19.1 Å². The molecule has 1 aromatic heterocycles. The highest BCUT2D eigenvalue weighted by molar-refractivity contribution is 7.92. The van der Waals surface area contributed by atoms with Crippen molar-refractivity contribution in [1.82, 2.24) is 5.32 Å². The lowest BCUT2D eigenvalue weighted by Crippen LogP contribution is -2.14. The Morgan fingerprint density at radius 3 is 2.67 bits per heavy atom. The number of para-hydroxylation sites is 1. The summed E-state index contributed by atoms with van der Waals surface area (Å²) in [6, 6.07) is 7.05. The summed E-state index contributed by atoms with van der Waals surface area (Å²) in [7, 11) is -3.88. The third-order valence-electron chi connectivity index (χ3n) is 2.88. The molecule has 0 radical (unpaired) electrons. The van der Waals surface area contributed by atoms with Crippen LogP contribution < -0.4 is 10.0 Å². The van der Waals surface area contributed by atoms with Crippen LogP contribution >= 0.6 is 0 Å². The van der Waals surface area contributed by atoms with Crippen molar-refractivity contribution in [3.63, 3.8) is 0 Å². The summed E-state index contributed by atoms with van der Waals surface area (Å²) in [5, 5.41) is 3.05. The monoisotopic (exact) mass is 312 g/mol. The summed E-state index contributed by atoms with van der Waals surface area (Å²) in [6.07, 6.45) is 0. The van der Waals surface area contributed by atoms with Crippen LogP contribution in [0.1, 0.15) is 18.4 Å². The van der Waals surface area contributed by atoms with Crippen molar-refractivity contribution in [1.29, 1.82) is 0 Å². The maximum absolute atomic E-state index is 13.5. The second-order valence-electron chi connectivity index (χ2n) is 4.50. The minimum Gasteiger partial charge on any atom is -0.464 e. The van der Waals surface area contributed by atoms with Crippen molar-refractivity contribution >= 4 is 15.7 Å². The zero-order valence-electron chi connectivity index (χ0n) is 11.8. The molecule has 0 saturated carbocycles. The summed E-state index contributed by atoms with van der Waals surface area (Å²) in [4.78, 5) is 0.0126. The van der Waals surface area contributed by atoms with E-state index in [2.05, 4.69) is 10.0 Å². The van der Waals surface area contributed by atoms with Gasteiger partial charge >= 0.3 is 0 Å². The van der Waals surface area contributed by atoms with Gasteiger partial charge in [0.05, 0.1) is 12.2 Å². The van der Waals surface area contributed by atoms with E-state index < -0.39 is 15.8 Å². The fourth-order valence-electron chi connectivity index (χ4n) is 1.87. The van der Waals surface area contributed by atoms with E-state index in [1.54, 1.807) is 13.0 Å². The summed E-state index contributed by atoms with van der Waals surface area (Å²) >= 11 is 0. The van der Waals surface area contributed by atoms with Crippen LogP contribution in [0.4, 0.5) is 10.1 Å². The van der Waals surface area contributed by atoms with E-state index in [4.69, 9.17) is 4.42 Å². The molecule has 0 atom stereocenters. The summed E-state index contributed by atoms with van der Waals surface area (Å²) in [6.45, 7) is 4.68. The van der Waals surface area contributed by atoms with Crippen LogP contribution in [0.3, 0.4) is 0 Å². The lowest BCUT2D eigenvalue weighted by Gasteiger charge is -2.07. The third-order valence-corrected chi connectivity index (χ3v) is 4.35. The molecule has 1 heterocycles. The first-order chi connectivity index (χ1) is 9.94. The largest absolute Gasteiger partial charge is 0.464 e. The van der Waals surface area contributed by atoms with Crippen molar-refractivity contribution in [2.75, 3.05) is 11.3 Å². The maximum Gasteiger partial charge on any atom is 0.265 e. The van der Waals surface area contributed by atoms with Gasteiger partial charge in [0, 0.05) is 6.07 Å². The number of halogens is 1. The smallest absolute Gasteiger partial charge is 0.265 e. The molecule has 0 unspecified atom stereocenters. The van der Waals surface area contributed by atoms with E-state index in [0.29, 0.717) is 12.3 Å². The Kier molecular flexibility index (Phi) is 4.64. The standard InChI is InChI=1S/C14H17FN2O3S/c1-3-16-9-11-8-14(10(2)20-11)21(18,19)17-13-7-5-4-6-12(13)15/h4-8,16-17H,3,9H2,1-2H3. The molecule has 0 bridgehead atoms. The Hall–Kier alpha value is -1.86. The second-order valence-corrected chi connectivity index (χ2v) is 6.15. The van der Waals surface area contributed by atoms with E-state index in [-0.39, 0.29) is 16.3 Å². The van der Waals surface area contributed by atoms with Gasteiger partial charge in [-0.25, -0.2) is 12.8 Å². The molecule has 114 valence electrons. The fourth-order valence-corrected chi connectivity index (χ4v) is 3.14. The van der Waals surface area contributed by atoms with Crippen LogP contribution in [0.25, 0.3) is 0 Å². The van der Waals surface area contributed by atoms with Gasteiger partial charge in [0.15, 0.2) is 0 Å². The summed E-state index contributed by atoms with van der Waals surface area (Å²) in [5.74, 6) is 0.157. The molecular weight excluding hydrogens is 295 g/mol. The molecule has 2 aromatic rings. The highest BCUT2D eigenvalue weighted by Gasteiger charge is 2.22. The molecule has 0 aliphatic rings. The molecule has 0 aliphatic heterocycles. The molecular formula is C14H17FN2O3S. The van der Waals surface area contributed by atoms with Gasteiger partial charge in [-0.15, -0.1) is 0 Å². The Labute approximate surface area is 123 Å². The zero-order valence-corrected chi connectivity index (χ0v) is 12.6. The number of nitrogens with one attached hydrogen (secondary N) is 2. The van der Waals surface area contributed by atoms with Crippen LogP contribution in [0.5, 0.6) is 0 Å². The molecule has 0 amide bonds. The van der Waals surface area contributed by atoms with E-state index in [9.17, 15) is 12.8 Å². The van der Waals surface area contributed by atoms with Gasteiger partial charge < -0.3 is 9.73 Å². The topological polar surface area (TPSA) is 71.3 Å². The quantitative estimate of drug-likeness (QED) is 0.860. The van der Waals surface area contributed by atoms with E-state index in [0.717, 1.165) is 6.54 Å². The van der Waals surface area contributed by atoms with Crippen molar-refractivity contribution in [2.24, 2.45) is 0 Å². The molecule has 21 heavy (non-hydrogen) atoms. The predicted octanol–water partition coefficient (Wildman–Crippen LogP) is 2.64. The maximum atomic E-state index is 13.5. The van der Waals surface area contributed by atoms with Crippen LogP contribution in [-0.2, 0) is 16.6 Å². The highest BCUT2D eigenvalue weighted by atomic mass is 32.2. The van der Waals surface area contributed by atoms with Gasteiger partial charge in [-0.05, 0) is 25.6 Å². The summed E-state index contributed by atoms with van der Waals surface area (Å²) in [5.41, 5.74) is -0.0914. The Balaban J connectivity index is 2.27. The minimum absolute atomic E-state index is 0.0126. The number of hydrogen-bond donors (Lipinski definition) is 2. The number of furan rings is 1. The van der Waals surface area contributed by atoms with Crippen molar-refractivity contribution in [2.45, 2.75) is 25.3 Å². The first-order valence-electron chi connectivity index (χ1n) is 6.51. The number of rotatable bonds is 6. The Morgan fingerprint density at radius 2 is 2.00 bits per heavy atom. The average Bonchev–Trinajstić information content (AvgIpc) is 2.81. The predicted molar refractivity (Wildman–Crippen MR) is 78.0 cm³/mol. The first kappa shape index (κ1) is 15.5. The van der Waals surface area contributed by atoms with Crippen LogP contribution in [0, 0.1) is 12.7 Å². The number of hydrogen-bond acceptors (Lipinski definition) is 4. The molecule has 1 aromatic carbocycles. The minimum atomic E-state index is -3.88. The van der Waals surface area contributed by atoms with Gasteiger partial charge in [0.25, 0.3) is 10.0 Å². The zero-order chi connectivity index (χ0) is 15.5. The lowest BCUT2D eigenvalue weighted by atomic mass is 10.3. The molecule has 0 fully saturated rings. The van der Waals surface area contributed by atoms with E-state index in [1.165, 1.54) is 24.3 Å². The highest BCUT2D eigenvalue weighted by Crippen LogP contribution is 2.24. The van der Waals surface area contributed by atoms with Crippen molar-refractivity contribution in [3.8, 4) is 0 Å². The van der Waals surface area contributed by atoms with Crippen molar-refractivity contribution in [3.05, 3.63) is 47.7 Å². The number of aryl methyl sites for hydroxylation is 1. The molecule has 0 aliphatic carbocycles. The fraction of sp³-hybridized carbons (Fsp3) is 0.286. The van der Waals surface area contributed by atoms with Crippen LogP contribution in [0.2, 0.25) is 0 Å². The SMILES string of the molecule is CCNCc1cc(S(=O)(=O)Nc2ccccc2F)c(C)o1. The van der Waals surface area contributed by atoms with Gasteiger partial charge in [0.2, 0.25) is 0 Å². The molecule has 2 N–H and O–H groups in total. The molecule has 0 saturated heterocycles. The number of anilines is 1. The molecule has 5 nitrogen and oxygen atoms in total. The number of sulfonamides is 1. The van der Waals surface area contributed by atoms with E-state index in [1.807, 2.05) is 6.92 Å². The number of benzene rings is 1. The van der Waals surface area contributed by atoms with Gasteiger partial charge in [-0.3, -0.25) is 4.72 Å². The normalized spacial score (nSPS) is 11.6. The van der Waals surface area contributed by atoms with E-state index >= 15 is 0 Å². The van der Waals surface area contributed by atoms with Crippen LogP contribution in [0.15, 0.2) is 39.6 Å². The molecule has 2 rings (SSSR count). The molecule has 7 heteroatoms. The van der Waals surface area contributed by atoms with Crippen molar-refractivity contribution < 1.29 is 17.2 Å². The average molecular weight is 312 g/mol. The van der Waals surface area contributed by atoms with Gasteiger partial charge in [-0.2, -0.15) is 0 Å². The molecule has 0 spiro atoms. The van der Waals surface area contributed by atoms with Crippen LogP contribution in [-0.4, -0.2) is 15.0 Å². The lowest BCUT2D eigenvalue weighted by molar-refractivity contribution is 0.460. The second kappa shape index (κ2) is 6.28. The summed E-state index contributed by atoms with van der Waals surface area (Å²) < 4.78 is 45.8. The first-order valence-corrected chi connectivity index (χ1v) is 7.99.